The Kier molecular flexibility index (Phi) is 3.96. The molecule has 2 amide bonds. The van der Waals surface area contributed by atoms with Crippen molar-refractivity contribution in [3.05, 3.63) is 28.5 Å². The van der Waals surface area contributed by atoms with Crippen LogP contribution in [0.4, 0.5) is 14.9 Å². The van der Waals surface area contributed by atoms with Crippen molar-refractivity contribution in [1.82, 2.24) is 10.2 Å². The average Bonchev–Trinajstić information content (AvgIpc) is 2.35. The Balaban J connectivity index is 1.99. The highest BCUT2D eigenvalue weighted by atomic mass is 79.9. The molecule has 1 aliphatic rings. The zero-order valence-electron chi connectivity index (χ0n) is 9.17. The van der Waals surface area contributed by atoms with Gasteiger partial charge in [-0.2, -0.15) is 0 Å². The Labute approximate surface area is 107 Å². The molecule has 0 radical (unpaired) electrons. The first-order valence-corrected chi connectivity index (χ1v) is 6.18. The molecule has 1 fully saturated rings. The van der Waals surface area contributed by atoms with Gasteiger partial charge < -0.3 is 15.5 Å². The first-order valence-electron chi connectivity index (χ1n) is 5.38. The number of halogens is 2. The number of hydrogen-bond donors (Lipinski definition) is 2. The third-order valence-corrected chi connectivity index (χ3v) is 3.22. The van der Waals surface area contributed by atoms with Gasteiger partial charge in [-0.15, -0.1) is 0 Å². The molecule has 1 aromatic rings. The Bertz CT molecular complexity index is 421. The molecule has 0 unspecified atom stereocenters. The van der Waals surface area contributed by atoms with Crippen molar-refractivity contribution in [3.8, 4) is 0 Å². The number of nitrogens with one attached hydrogen (secondary N) is 2. The summed E-state index contributed by atoms with van der Waals surface area (Å²) in [7, 11) is 0. The molecule has 0 atom stereocenters. The molecule has 1 aliphatic heterocycles. The first-order chi connectivity index (χ1) is 8.16. The highest BCUT2D eigenvalue weighted by Crippen LogP contribution is 2.19. The maximum atomic E-state index is 13.3. The fourth-order valence-corrected chi connectivity index (χ4v) is 1.89. The van der Waals surface area contributed by atoms with E-state index in [0.717, 1.165) is 13.1 Å². The molecule has 1 aromatic carbocycles. The minimum Gasteiger partial charge on any atom is -0.322 e. The lowest BCUT2D eigenvalue weighted by Gasteiger charge is -2.27. The van der Waals surface area contributed by atoms with Gasteiger partial charge in [-0.1, -0.05) is 0 Å². The maximum absolute atomic E-state index is 13.3. The fraction of sp³-hybridized carbons (Fsp3) is 0.364. The van der Waals surface area contributed by atoms with Crippen LogP contribution in [0.15, 0.2) is 22.7 Å². The molecule has 92 valence electrons. The molecule has 0 bridgehead atoms. The van der Waals surface area contributed by atoms with Gasteiger partial charge in [0.05, 0.1) is 4.47 Å². The molecule has 17 heavy (non-hydrogen) atoms. The Morgan fingerprint density at radius 2 is 2.12 bits per heavy atom. The van der Waals surface area contributed by atoms with Gasteiger partial charge in [-0.3, -0.25) is 0 Å². The van der Waals surface area contributed by atoms with Crippen molar-refractivity contribution in [2.45, 2.75) is 0 Å². The van der Waals surface area contributed by atoms with E-state index in [1.807, 2.05) is 0 Å². The van der Waals surface area contributed by atoms with Crippen LogP contribution in [0.25, 0.3) is 0 Å². The van der Waals surface area contributed by atoms with E-state index in [-0.39, 0.29) is 11.8 Å². The predicted octanol–water partition coefficient (Wildman–Crippen LogP) is 2.03. The summed E-state index contributed by atoms with van der Waals surface area (Å²) in [6.07, 6.45) is 0. The van der Waals surface area contributed by atoms with Crippen LogP contribution < -0.4 is 10.6 Å². The number of benzene rings is 1. The SMILES string of the molecule is O=C(Nc1ccc(Br)c(F)c1)N1CCNCC1. The Morgan fingerprint density at radius 1 is 1.41 bits per heavy atom. The topological polar surface area (TPSA) is 44.4 Å². The standard InChI is InChI=1S/C11H13BrFN3O/c12-9-2-1-8(7-10(9)13)15-11(17)16-5-3-14-4-6-16/h1-2,7,14H,3-6H2,(H,15,17). The van der Waals surface area contributed by atoms with Crippen LogP contribution in [0.3, 0.4) is 0 Å². The van der Waals surface area contributed by atoms with Crippen LogP contribution in [-0.4, -0.2) is 37.1 Å². The highest BCUT2D eigenvalue weighted by Gasteiger charge is 2.16. The van der Waals surface area contributed by atoms with Crippen LogP contribution in [0.1, 0.15) is 0 Å². The number of carbonyl (C=O) groups excluding carboxylic acids is 1. The largest absolute Gasteiger partial charge is 0.322 e. The molecule has 1 heterocycles. The number of urea groups is 1. The van der Waals surface area contributed by atoms with Gasteiger partial charge in [0.15, 0.2) is 0 Å². The molecular weight excluding hydrogens is 289 g/mol. The van der Waals surface area contributed by atoms with E-state index in [9.17, 15) is 9.18 Å². The molecule has 0 spiro atoms. The summed E-state index contributed by atoms with van der Waals surface area (Å²) in [5.74, 6) is -0.386. The lowest BCUT2D eigenvalue weighted by molar-refractivity contribution is 0.204. The molecular formula is C11H13BrFN3O. The smallest absolute Gasteiger partial charge is 0.321 e. The zero-order valence-corrected chi connectivity index (χ0v) is 10.8. The third kappa shape index (κ3) is 3.17. The van der Waals surface area contributed by atoms with E-state index < -0.39 is 0 Å². The first kappa shape index (κ1) is 12.3. The van der Waals surface area contributed by atoms with E-state index in [1.54, 1.807) is 17.0 Å². The fourth-order valence-electron chi connectivity index (χ4n) is 1.64. The second-order valence-corrected chi connectivity index (χ2v) is 4.65. The normalized spacial score (nSPS) is 15.8. The van der Waals surface area contributed by atoms with Gasteiger partial charge in [0.1, 0.15) is 5.82 Å². The third-order valence-electron chi connectivity index (χ3n) is 2.58. The van der Waals surface area contributed by atoms with Crippen molar-refractivity contribution in [2.75, 3.05) is 31.5 Å². The zero-order chi connectivity index (χ0) is 12.3. The number of carbonyl (C=O) groups is 1. The quantitative estimate of drug-likeness (QED) is 0.833. The molecule has 6 heteroatoms. The number of amides is 2. The monoisotopic (exact) mass is 301 g/mol. The molecule has 1 saturated heterocycles. The van der Waals surface area contributed by atoms with E-state index >= 15 is 0 Å². The highest BCUT2D eigenvalue weighted by molar-refractivity contribution is 9.10. The molecule has 2 rings (SSSR count). The number of nitrogens with zero attached hydrogens (tertiary/aromatic N) is 1. The Morgan fingerprint density at radius 3 is 2.76 bits per heavy atom. The van der Waals surface area contributed by atoms with Gasteiger partial charge in [0.25, 0.3) is 0 Å². The summed E-state index contributed by atoms with van der Waals surface area (Å²) in [5, 5.41) is 5.84. The predicted molar refractivity (Wildman–Crippen MR) is 67.6 cm³/mol. The summed E-state index contributed by atoms with van der Waals surface area (Å²) >= 11 is 3.07. The van der Waals surface area contributed by atoms with E-state index in [1.165, 1.54) is 6.07 Å². The maximum Gasteiger partial charge on any atom is 0.321 e. The van der Waals surface area contributed by atoms with Gasteiger partial charge in [0.2, 0.25) is 0 Å². The van der Waals surface area contributed by atoms with Crippen LogP contribution in [0.2, 0.25) is 0 Å². The number of anilines is 1. The van der Waals surface area contributed by atoms with Gasteiger partial charge in [-0.25, -0.2) is 9.18 Å². The summed E-state index contributed by atoms with van der Waals surface area (Å²) in [4.78, 5) is 13.5. The molecule has 0 aromatic heterocycles. The lowest BCUT2D eigenvalue weighted by atomic mass is 10.3. The van der Waals surface area contributed by atoms with E-state index in [4.69, 9.17) is 0 Å². The van der Waals surface area contributed by atoms with E-state index in [2.05, 4.69) is 26.6 Å². The summed E-state index contributed by atoms with van der Waals surface area (Å²) in [6, 6.07) is 4.34. The minimum atomic E-state index is -0.386. The molecule has 0 aliphatic carbocycles. The Hall–Kier alpha value is -1.14. The van der Waals surface area contributed by atoms with Crippen LogP contribution >= 0.6 is 15.9 Å². The van der Waals surface area contributed by atoms with Crippen molar-refractivity contribution in [2.24, 2.45) is 0 Å². The van der Waals surface area contributed by atoms with Crippen LogP contribution in [-0.2, 0) is 0 Å². The average molecular weight is 302 g/mol. The molecule has 4 nitrogen and oxygen atoms in total. The lowest BCUT2D eigenvalue weighted by Crippen LogP contribution is -2.48. The minimum absolute atomic E-state index is 0.187. The number of piperazine rings is 1. The second kappa shape index (κ2) is 5.46. The van der Waals surface area contributed by atoms with Crippen molar-refractivity contribution in [1.29, 1.82) is 0 Å². The summed E-state index contributed by atoms with van der Waals surface area (Å²) < 4.78 is 13.6. The van der Waals surface area contributed by atoms with Crippen molar-refractivity contribution in [3.63, 3.8) is 0 Å². The van der Waals surface area contributed by atoms with Crippen molar-refractivity contribution >= 4 is 27.6 Å². The van der Waals surface area contributed by atoms with Crippen LogP contribution in [0, 0.1) is 5.82 Å². The molecule has 0 saturated carbocycles. The van der Waals surface area contributed by atoms with Gasteiger partial charge >= 0.3 is 6.03 Å². The number of rotatable bonds is 1. The van der Waals surface area contributed by atoms with Crippen LogP contribution in [0.5, 0.6) is 0 Å². The van der Waals surface area contributed by atoms with Gasteiger partial charge in [-0.05, 0) is 34.1 Å². The summed E-state index contributed by atoms with van der Waals surface area (Å²) in [5.41, 5.74) is 0.467. The van der Waals surface area contributed by atoms with Gasteiger partial charge in [0, 0.05) is 31.9 Å². The van der Waals surface area contributed by atoms with Crippen molar-refractivity contribution < 1.29 is 9.18 Å². The second-order valence-electron chi connectivity index (χ2n) is 3.80. The molecule has 2 N–H and O–H groups in total. The summed E-state index contributed by atoms with van der Waals surface area (Å²) in [6.45, 7) is 2.93. The van der Waals surface area contributed by atoms with E-state index in [0.29, 0.717) is 23.2 Å². The number of hydrogen-bond acceptors (Lipinski definition) is 2.